The highest BCUT2D eigenvalue weighted by Crippen LogP contribution is 2.16. The highest BCUT2D eigenvalue weighted by Gasteiger charge is 2.07. The average molecular weight is 362 g/mol. The lowest BCUT2D eigenvalue weighted by molar-refractivity contribution is -0.116. The van der Waals surface area contributed by atoms with Gasteiger partial charge < -0.3 is 15.7 Å². The molecule has 0 aliphatic carbocycles. The van der Waals surface area contributed by atoms with Gasteiger partial charge in [-0.25, -0.2) is 8.78 Å². The molecule has 6 heteroatoms. The molecule has 2 aromatic carbocycles. The number of nitrogens with one attached hydrogen (secondary N) is 2. The molecule has 0 aliphatic heterocycles. The zero-order chi connectivity index (χ0) is 18.8. The first-order chi connectivity index (χ1) is 12.6. The third-order valence-electron chi connectivity index (χ3n) is 3.94. The van der Waals surface area contributed by atoms with Crippen molar-refractivity contribution >= 4 is 17.3 Å². The Hall–Kier alpha value is -2.63. The monoisotopic (exact) mass is 362 g/mol. The van der Waals surface area contributed by atoms with Crippen LogP contribution in [-0.4, -0.2) is 23.9 Å². The van der Waals surface area contributed by atoms with E-state index in [1.54, 1.807) is 24.3 Å². The summed E-state index contributed by atoms with van der Waals surface area (Å²) in [4.78, 5) is 11.8. The van der Waals surface area contributed by atoms with Crippen LogP contribution in [0.15, 0.2) is 48.5 Å². The summed E-state index contributed by atoms with van der Waals surface area (Å²) < 4.78 is 24.7. The summed E-state index contributed by atoms with van der Waals surface area (Å²) in [6, 6.07) is 14.3. The molecule has 3 N–H and O–H groups in total. The van der Waals surface area contributed by atoms with Crippen LogP contribution in [0.2, 0.25) is 0 Å². The van der Waals surface area contributed by atoms with Crippen molar-refractivity contribution in [1.82, 2.24) is 0 Å². The Bertz CT molecular complexity index is 675. The molecule has 2 rings (SSSR count). The Balaban J connectivity index is 1.71. The molecule has 140 valence electrons. The van der Waals surface area contributed by atoms with Gasteiger partial charge in [-0.05, 0) is 61.2 Å². The molecule has 26 heavy (non-hydrogen) atoms. The van der Waals surface area contributed by atoms with Crippen molar-refractivity contribution in [2.24, 2.45) is 0 Å². The summed E-state index contributed by atoms with van der Waals surface area (Å²) in [6.45, 7) is -0.334. The number of benzene rings is 2. The molecule has 0 fully saturated rings. The third kappa shape index (κ3) is 7.09. The first-order valence-corrected chi connectivity index (χ1v) is 8.68. The summed E-state index contributed by atoms with van der Waals surface area (Å²) in [7, 11) is 0. The number of anilines is 2. The van der Waals surface area contributed by atoms with Gasteiger partial charge in [-0.1, -0.05) is 12.1 Å². The van der Waals surface area contributed by atoms with E-state index in [0.29, 0.717) is 31.5 Å². The fraction of sp³-hybridized carbons (Fsp3) is 0.350. The standard InChI is InChI=1S/C20H24F2N2O2/c21-13-16(22)3-1-2-4-20(26)24-18-9-7-17(8-10-18)23-14-15-5-11-19(25)12-6-15/h5-12,16,23,25H,1-4,13-14H2,(H,24,26). The molecule has 1 unspecified atom stereocenters. The predicted octanol–water partition coefficient (Wildman–Crippen LogP) is 4.81. The Morgan fingerprint density at radius 1 is 1.00 bits per heavy atom. The third-order valence-corrected chi connectivity index (χ3v) is 3.94. The summed E-state index contributed by atoms with van der Waals surface area (Å²) in [5, 5.41) is 15.3. The fourth-order valence-electron chi connectivity index (χ4n) is 2.44. The molecule has 1 amide bonds. The molecule has 0 spiro atoms. The number of hydrogen-bond donors (Lipinski definition) is 3. The first kappa shape index (κ1) is 19.7. The van der Waals surface area contributed by atoms with Crippen LogP contribution in [0.5, 0.6) is 5.75 Å². The largest absolute Gasteiger partial charge is 0.508 e. The number of phenolic OH excluding ortho intramolecular Hbond substituents is 1. The van der Waals surface area contributed by atoms with E-state index in [0.717, 1.165) is 11.3 Å². The van der Waals surface area contributed by atoms with Crippen LogP contribution in [0.3, 0.4) is 0 Å². The molecule has 0 saturated heterocycles. The number of amides is 1. The maximum Gasteiger partial charge on any atom is 0.224 e. The summed E-state index contributed by atoms with van der Waals surface area (Å²) in [5.41, 5.74) is 2.65. The smallest absolute Gasteiger partial charge is 0.224 e. The number of carbonyl (C=O) groups is 1. The zero-order valence-corrected chi connectivity index (χ0v) is 14.6. The van der Waals surface area contributed by atoms with Crippen molar-refractivity contribution in [3.63, 3.8) is 0 Å². The van der Waals surface area contributed by atoms with Gasteiger partial charge in [-0.2, -0.15) is 0 Å². The molecule has 0 saturated carbocycles. The van der Waals surface area contributed by atoms with Gasteiger partial charge in [0.05, 0.1) is 0 Å². The molecule has 0 aliphatic rings. The topological polar surface area (TPSA) is 61.4 Å². The van der Waals surface area contributed by atoms with E-state index in [1.807, 2.05) is 24.3 Å². The van der Waals surface area contributed by atoms with Crippen molar-refractivity contribution in [3.8, 4) is 5.75 Å². The number of aromatic hydroxyl groups is 1. The van der Waals surface area contributed by atoms with Crippen molar-refractivity contribution in [2.75, 3.05) is 17.3 Å². The second-order valence-corrected chi connectivity index (χ2v) is 6.14. The van der Waals surface area contributed by atoms with Crippen LogP contribution in [0.1, 0.15) is 31.2 Å². The first-order valence-electron chi connectivity index (χ1n) is 8.68. The van der Waals surface area contributed by atoms with Gasteiger partial charge in [0.15, 0.2) is 0 Å². The second-order valence-electron chi connectivity index (χ2n) is 6.14. The van der Waals surface area contributed by atoms with E-state index >= 15 is 0 Å². The van der Waals surface area contributed by atoms with E-state index in [2.05, 4.69) is 10.6 Å². The van der Waals surface area contributed by atoms with Crippen molar-refractivity contribution in [2.45, 2.75) is 38.4 Å². The number of halogens is 2. The maximum atomic E-state index is 12.7. The minimum atomic E-state index is -1.42. The molecule has 2 aromatic rings. The van der Waals surface area contributed by atoms with Gasteiger partial charge >= 0.3 is 0 Å². The van der Waals surface area contributed by atoms with Gasteiger partial charge in [0.2, 0.25) is 5.91 Å². The molecule has 0 heterocycles. The lowest BCUT2D eigenvalue weighted by Gasteiger charge is -2.09. The number of rotatable bonds is 10. The van der Waals surface area contributed by atoms with Crippen LogP contribution < -0.4 is 10.6 Å². The average Bonchev–Trinajstić information content (AvgIpc) is 2.65. The SMILES string of the molecule is O=C(CCCCC(F)CF)Nc1ccc(NCc2ccc(O)cc2)cc1. The van der Waals surface area contributed by atoms with Crippen LogP contribution in [0, 0.1) is 0 Å². The highest BCUT2D eigenvalue weighted by atomic mass is 19.2. The molecular formula is C20H24F2N2O2. The van der Waals surface area contributed by atoms with Crippen molar-refractivity contribution in [1.29, 1.82) is 0 Å². The lowest BCUT2D eigenvalue weighted by Crippen LogP contribution is -2.11. The van der Waals surface area contributed by atoms with Gasteiger partial charge in [0.25, 0.3) is 0 Å². The molecule has 0 radical (unpaired) electrons. The minimum Gasteiger partial charge on any atom is -0.508 e. The van der Waals surface area contributed by atoms with Crippen molar-refractivity contribution in [3.05, 3.63) is 54.1 Å². The second kappa shape index (κ2) is 10.4. The number of alkyl halides is 2. The molecule has 4 nitrogen and oxygen atoms in total. The highest BCUT2D eigenvalue weighted by molar-refractivity contribution is 5.90. The van der Waals surface area contributed by atoms with Crippen LogP contribution >= 0.6 is 0 Å². The van der Waals surface area contributed by atoms with Crippen LogP contribution in [-0.2, 0) is 11.3 Å². The van der Waals surface area contributed by atoms with Gasteiger partial charge in [0.1, 0.15) is 18.6 Å². The van der Waals surface area contributed by atoms with Gasteiger partial charge in [0, 0.05) is 24.3 Å². The van der Waals surface area contributed by atoms with E-state index in [4.69, 9.17) is 0 Å². The van der Waals surface area contributed by atoms with E-state index in [1.165, 1.54) is 0 Å². The number of phenols is 1. The molecular weight excluding hydrogens is 338 g/mol. The van der Waals surface area contributed by atoms with E-state index in [9.17, 15) is 18.7 Å². The van der Waals surface area contributed by atoms with Gasteiger partial charge in [-0.3, -0.25) is 4.79 Å². The Kier molecular flexibility index (Phi) is 7.86. The van der Waals surface area contributed by atoms with Crippen molar-refractivity contribution < 1.29 is 18.7 Å². The Morgan fingerprint density at radius 3 is 2.31 bits per heavy atom. The molecule has 1 atom stereocenters. The number of carbonyl (C=O) groups excluding carboxylic acids is 1. The molecule has 0 bridgehead atoms. The summed E-state index contributed by atoms with van der Waals surface area (Å²) >= 11 is 0. The Morgan fingerprint density at radius 2 is 1.65 bits per heavy atom. The van der Waals surface area contributed by atoms with E-state index in [-0.39, 0.29) is 18.1 Å². The van der Waals surface area contributed by atoms with Crippen LogP contribution in [0.25, 0.3) is 0 Å². The normalized spacial score (nSPS) is 11.8. The lowest BCUT2D eigenvalue weighted by atomic mass is 10.1. The quantitative estimate of drug-likeness (QED) is 0.532. The predicted molar refractivity (Wildman–Crippen MR) is 99.8 cm³/mol. The molecule has 0 aromatic heterocycles. The maximum absolute atomic E-state index is 12.7. The summed E-state index contributed by atoms with van der Waals surface area (Å²) in [6.07, 6.45) is 0.0713. The Labute approximate surface area is 152 Å². The van der Waals surface area contributed by atoms with E-state index < -0.39 is 12.8 Å². The number of hydrogen-bond acceptors (Lipinski definition) is 3. The van der Waals surface area contributed by atoms with Crippen LogP contribution in [0.4, 0.5) is 20.2 Å². The number of unbranched alkanes of at least 4 members (excludes halogenated alkanes) is 1. The fourth-order valence-corrected chi connectivity index (χ4v) is 2.44. The minimum absolute atomic E-state index is 0.134. The van der Waals surface area contributed by atoms with Gasteiger partial charge in [-0.15, -0.1) is 0 Å². The summed E-state index contributed by atoms with van der Waals surface area (Å²) in [5.74, 6) is 0.103. The zero-order valence-electron chi connectivity index (χ0n) is 14.6.